The fraction of sp³-hybridized carbons (Fsp3) is 0.389. The van der Waals surface area contributed by atoms with Crippen LogP contribution in [0.3, 0.4) is 0 Å². The second-order valence-electron chi connectivity index (χ2n) is 6.31. The summed E-state index contributed by atoms with van der Waals surface area (Å²) in [5.74, 6) is 7.08. The molecule has 1 aromatic rings. The monoisotopic (exact) mass is 280 g/mol. The standard InChI is InChI=1S/C18H20N2O/c19-20(16-10-9-12-5-1-2-6-13(12)16)17-11-18(21)15-8-4-3-7-14(15)17/h1-8,14-17H,9-11,19H2. The van der Waals surface area contributed by atoms with Crippen molar-refractivity contribution >= 4 is 5.78 Å². The first kappa shape index (κ1) is 13.0. The Balaban J connectivity index is 1.61. The smallest absolute Gasteiger partial charge is 0.142 e. The number of Topliss-reactive ketones (excluding diaryl/α,β-unsaturated/α-hetero) is 1. The van der Waals surface area contributed by atoms with Crippen molar-refractivity contribution in [2.45, 2.75) is 31.3 Å². The molecule has 0 aromatic heterocycles. The molecule has 3 heteroatoms. The maximum absolute atomic E-state index is 12.2. The van der Waals surface area contributed by atoms with E-state index in [0.717, 1.165) is 12.8 Å². The number of nitrogens with two attached hydrogens (primary N) is 1. The van der Waals surface area contributed by atoms with Crippen molar-refractivity contribution < 1.29 is 4.79 Å². The van der Waals surface area contributed by atoms with Gasteiger partial charge in [0.05, 0.1) is 0 Å². The van der Waals surface area contributed by atoms with Gasteiger partial charge < -0.3 is 0 Å². The van der Waals surface area contributed by atoms with Gasteiger partial charge in [-0.2, -0.15) is 0 Å². The predicted octanol–water partition coefficient (Wildman–Crippen LogP) is 2.55. The van der Waals surface area contributed by atoms with E-state index < -0.39 is 0 Å². The molecule has 4 rings (SSSR count). The molecule has 0 amide bonds. The van der Waals surface area contributed by atoms with E-state index in [9.17, 15) is 4.79 Å². The number of hydrogen-bond acceptors (Lipinski definition) is 3. The van der Waals surface area contributed by atoms with E-state index in [1.807, 2.05) is 23.2 Å². The van der Waals surface area contributed by atoms with E-state index in [-0.39, 0.29) is 23.9 Å². The average molecular weight is 280 g/mol. The Morgan fingerprint density at radius 3 is 2.86 bits per heavy atom. The SMILES string of the molecule is NN(C1CCc2ccccc21)C1CC(=O)C2C=CC=CC21. The minimum Gasteiger partial charge on any atom is -0.299 e. The lowest BCUT2D eigenvalue weighted by atomic mass is 9.88. The number of fused-ring (bicyclic) bond motifs is 2. The van der Waals surface area contributed by atoms with E-state index in [2.05, 4.69) is 30.3 Å². The topological polar surface area (TPSA) is 46.3 Å². The van der Waals surface area contributed by atoms with Gasteiger partial charge in [0.1, 0.15) is 5.78 Å². The highest BCUT2D eigenvalue weighted by molar-refractivity contribution is 5.87. The van der Waals surface area contributed by atoms with Crippen molar-refractivity contribution in [1.29, 1.82) is 0 Å². The van der Waals surface area contributed by atoms with Crippen LogP contribution in [0.4, 0.5) is 0 Å². The Hall–Kier alpha value is -1.71. The first-order chi connectivity index (χ1) is 10.3. The highest BCUT2D eigenvalue weighted by Gasteiger charge is 2.44. The van der Waals surface area contributed by atoms with Crippen molar-refractivity contribution in [3.8, 4) is 0 Å². The number of aryl methyl sites for hydroxylation is 1. The lowest BCUT2D eigenvalue weighted by Crippen LogP contribution is -2.45. The third-order valence-electron chi connectivity index (χ3n) is 5.25. The van der Waals surface area contributed by atoms with Crippen LogP contribution >= 0.6 is 0 Å². The first-order valence-corrected chi connectivity index (χ1v) is 7.74. The molecule has 0 aliphatic heterocycles. The number of hydrogen-bond donors (Lipinski definition) is 1. The summed E-state index contributed by atoms with van der Waals surface area (Å²) >= 11 is 0. The van der Waals surface area contributed by atoms with Gasteiger partial charge >= 0.3 is 0 Å². The summed E-state index contributed by atoms with van der Waals surface area (Å²) in [6, 6.07) is 8.91. The zero-order valence-electron chi connectivity index (χ0n) is 12.0. The Morgan fingerprint density at radius 2 is 1.95 bits per heavy atom. The van der Waals surface area contributed by atoms with E-state index in [1.165, 1.54) is 11.1 Å². The Bertz CT molecular complexity index is 634. The summed E-state index contributed by atoms with van der Waals surface area (Å²) in [6.45, 7) is 0. The fourth-order valence-electron chi connectivity index (χ4n) is 4.17. The van der Waals surface area contributed by atoms with Gasteiger partial charge in [0.15, 0.2) is 0 Å². The number of nitrogens with zero attached hydrogens (tertiary/aromatic N) is 1. The summed E-state index contributed by atoms with van der Waals surface area (Å²) < 4.78 is 0. The van der Waals surface area contributed by atoms with Crippen LogP contribution in [0.1, 0.15) is 30.0 Å². The molecule has 0 saturated heterocycles. The zero-order chi connectivity index (χ0) is 14.4. The van der Waals surface area contributed by atoms with Crippen LogP contribution in [0, 0.1) is 11.8 Å². The zero-order valence-corrected chi connectivity index (χ0v) is 12.0. The van der Waals surface area contributed by atoms with Gasteiger partial charge in [-0.3, -0.25) is 10.6 Å². The van der Waals surface area contributed by atoms with Crippen molar-refractivity contribution in [2.24, 2.45) is 17.7 Å². The Labute approximate surface area is 125 Å². The fourth-order valence-corrected chi connectivity index (χ4v) is 4.17. The van der Waals surface area contributed by atoms with Gasteiger partial charge in [0.25, 0.3) is 0 Å². The van der Waals surface area contributed by atoms with Crippen molar-refractivity contribution in [3.63, 3.8) is 0 Å². The Morgan fingerprint density at radius 1 is 1.14 bits per heavy atom. The highest BCUT2D eigenvalue weighted by Crippen LogP contribution is 2.41. The first-order valence-electron chi connectivity index (χ1n) is 7.74. The number of ketones is 1. The molecule has 3 aliphatic rings. The van der Waals surface area contributed by atoms with Crippen LogP contribution < -0.4 is 5.84 Å². The van der Waals surface area contributed by atoms with Crippen molar-refractivity contribution in [1.82, 2.24) is 5.01 Å². The molecule has 108 valence electrons. The molecule has 0 radical (unpaired) electrons. The molecular formula is C18H20N2O. The molecule has 3 nitrogen and oxygen atoms in total. The molecule has 4 unspecified atom stereocenters. The summed E-state index contributed by atoms with van der Waals surface area (Å²) in [6.07, 6.45) is 10.9. The molecule has 1 aromatic carbocycles. The molecule has 0 bridgehead atoms. The summed E-state index contributed by atoms with van der Waals surface area (Å²) in [5, 5.41) is 1.97. The molecule has 0 spiro atoms. The number of allylic oxidation sites excluding steroid dienone is 3. The lowest BCUT2D eigenvalue weighted by Gasteiger charge is -2.34. The third-order valence-corrected chi connectivity index (χ3v) is 5.25. The van der Waals surface area contributed by atoms with Crippen LogP contribution in [0.15, 0.2) is 48.6 Å². The summed E-state index contributed by atoms with van der Waals surface area (Å²) in [4.78, 5) is 12.2. The second-order valence-corrected chi connectivity index (χ2v) is 6.31. The number of hydrazine groups is 1. The minimum absolute atomic E-state index is 0.0303. The Kier molecular flexibility index (Phi) is 3.05. The van der Waals surface area contributed by atoms with Gasteiger partial charge in [-0.15, -0.1) is 0 Å². The van der Waals surface area contributed by atoms with E-state index in [1.54, 1.807) is 0 Å². The molecule has 4 atom stereocenters. The molecule has 3 aliphatic carbocycles. The lowest BCUT2D eigenvalue weighted by molar-refractivity contribution is -0.120. The average Bonchev–Trinajstić information content (AvgIpc) is 3.09. The number of carbonyl (C=O) groups excluding carboxylic acids is 1. The second kappa shape index (κ2) is 4.93. The van der Waals surface area contributed by atoms with E-state index in [4.69, 9.17) is 5.84 Å². The van der Waals surface area contributed by atoms with Crippen molar-refractivity contribution in [2.75, 3.05) is 0 Å². The third kappa shape index (κ3) is 2.00. The van der Waals surface area contributed by atoms with Crippen LogP contribution in [0.2, 0.25) is 0 Å². The predicted molar refractivity (Wildman–Crippen MR) is 82.2 cm³/mol. The van der Waals surface area contributed by atoms with Gasteiger partial charge in [0.2, 0.25) is 0 Å². The molecule has 0 heterocycles. The molecular weight excluding hydrogens is 260 g/mol. The maximum Gasteiger partial charge on any atom is 0.142 e. The van der Waals surface area contributed by atoms with Crippen molar-refractivity contribution in [3.05, 3.63) is 59.7 Å². The van der Waals surface area contributed by atoms with Crippen LogP contribution in [0.5, 0.6) is 0 Å². The quantitative estimate of drug-likeness (QED) is 0.669. The van der Waals surface area contributed by atoms with Crippen LogP contribution in [-0.2, 0) is 11.2 Å². The largest absolute Gasteiger partial charge is 0.299 e. The van der Waals surface area contributed by atoms with Gasteiger partial charge in [-0.25, -0.2) is 5.01 Å². The number of carbonyl (C=O) groups is 1. The maximum atomic E-state index is 12.2. The van der Waals surface area contributed by atoms with Crippen LogP contribution in [0.25, 0.3) is 0 Å². The minimum atomic E-state index is 0.0303. The normalized spacial score (nSPS) is 33.5. The number of benzene rings is 1. The van der Waals surface area contributed by atoms with E-state index in [0.29, 0.717) is 12.2 Å². The highest BCUT2D eigenvalue weighted by atomic mass is 16.1. The molecule has 1 fully saturated rings. The summed E-state index contributed by atoms with van der Waals surface area (Å²) in [5.41, 5.74) is 2.74. The van der Waals surface area contributed by atoms with Gasteiger partial charge in [-0.1, -0.05) is 48.6 Å². The van der Waals surface area contributed by atoms with Crippen LogP contribution in [-0.4, -0.2) is 16.8 Å². The number of rotatable bonds is 2. The molecule has 21 heavy (non-hydrogen) atoms. The molecule has 1 saturated carbocycles. The van der Waals surface area contributed by atoms with Gasteiger partial charge in [0, 0.05) is 30.3 Å². The van der Waals surface area contributed by atoms with E-state index >= 15 is 0 Å². The van der Waals surface area contributed by atoms with Gasteiger partial charge in [-0.05, 0) is 24.0 Å². The summed E-state index contributed by atoms with van der Waals surface area (Å²) in [7, 11) is 0. The molecule has 2 N–H and O–H groups in total.